The Labute approximate surface area is 125 Å². The summed E-state index contributed by atoms with van der Waals surface area (Å²) in [6.45, 7) is 0.643. The lowest BCUT2D eigenvalue weighted by Crippen LogP contribution is -2.06. The molecule has 104 valence electrons. The summed E-state index contributed by atoms with van der Waals surface area (Å²) in [5.74, 6) is 1.24. The molecule has 0 saturated carbocycles. The number of thioether (sulfide) groups is 1. The van der Waals surface area contributed by atoms with E-state index in [1.807, 2.05) is 30.3 Å². The van der Waals surface area contributed by atoms with E-state index in [0.29, 0.717) is 12.4 Å². The van der Waals surface area contributed by atoms with Gasteiger partial charge in [-0.1, -0.05) is 29.8 Å². The van der Waals surface area contributed by atoms with Crippen LogP contribution in [0.2, 0.25) is 5.15 Å². The number of benzene rings is 1. The minimum atomic E-state index is -0.489. The minimum Gasteiger partial charge on any atom is -0.369 e. The van der Waals surface area contributed by atoms with Gasteiger partial charge in [-0.2, -0.15) is 0 Å². The van der Waals surface area contributed by atoms with Crippen LogP contribution in [0.4, 0.5) is 11.5 Å². The second-order valence-electron chi connectivity index (χ2n) is 3.88. The molecule has 0 unspecified atom stereocenters. The highest BCUT2D eigenvalue weighted by molar-refractivity contribution is 7.99. The molecule has 0 amide bonds. The van der Waals surface area contributed by atoms with Crippen LogP contribution in [0.15, 0.2) is 47.4 Å². The summed E-state index contributed by atoms with van der Waals surface area (Å²) < 4.78 is 0. The van der Waals surface area contributed by atoms with Crippen molar-refractivity contribution < 1.29 is 4.92 Å². The van der Waals surface area contributed by atoms with Crippen LogP contribution in [0.25, 0.3) is 0 Å². The van der Waals surface area contributed by atoms with E-state index in [1.54, 1.807) is 11.8 Å². The Morgan fingerprint density at radius 2 is 2.05 bits per heavy atom. The molecule has 7 heteroatoms. The van der Waals surface area contributed by atoms with E-state index in [-0.39, 0.29) is 10.8 Å². The number of aromatic nitrogens is 1. The van der Waals surface area contributed by atoms with Crippen molar-refractivity contribution in [3.63, 3.8) is 0 Å². The monoisotopic (exact) mass is 309 g/mol. The van der Waals surface area contributed by atoms with Gasteiger partial charge in [-0.25, -0.2) is 4.98 Å². The van der Waals surface area contributed by atoms with Crippen molar-refractivity contribution in [1.82, 2.24) is 4.98 Å². The summed E-state index contributed by atoms with van der Waals surface area (Å²) in [4.78, 5) is 15.4. The Hall–Kier alpha value is -1.79. The highest BCUT2D eigenvalue weighted by Crippen LogP contribution is 2.21. The van der Waals surface area contributed by atoms with Crippen LogP contribution in [0.5, 0.6) is 0 Å². The van der Waals surface area contributed by atoms with Gasteiger partial charge in [0.25, 0.3) is 5.69 Å². The Kier molecular flexibility index (Phi) is 5.20. The van der Waals surface area contributed by atoms with Crippen LogP contribution in [-0.2, 0) is 0 Å². The fourth-order valence-corrected chi connectivity index (χ4v) is 2.54. The van der Waals surface area contributed by atoms with Gasteiger partial charge in [0.1, 0.15) is 11.0 Å². The first kappa shape index (κ1) is 14.6. The first-order valence-corrected chi connectivity index (χ1v) is 7.25. The molecule has 0 fully saturated rings. The number of rotatable bonds is 6. The van der Waals surface area contributed by atoms with Crippen molar-refractivity contribution in [3.05, 3.63) is 57.7 Å². The number of nitrogens with zero attached hydrogens (tertiary/aromatic N) is 2. The highest BCUT2D eigenvalue weighted by atomic mass is 35.5. The summed E-state index contributed by atoms with van der Waals surface area (Å²) >= 11 is 7.44. The van der Waals surface area contributed by atoms with Crippen molar-refractivity contribution in [2.75, 3.05) is 17.6 Å². The molecule has 0 atom stereocenters. The number of pyridine rings is 1. The van der Waals surface area contributed by atoms with Crippen LogP contribution in [0, 0.1) is 10.1 Å². The van der Waals surface area contributed by atoms with Crippen LogP contribution in [0.1, 0.15) is 0 Å². The Morgan fingerprint density at radius 1 is 1.30 bits per heavy atom. The van der Waals surface area contributed by atoms with Crippen LogP contribution < -0.4 is 5.32 Å². The number of hydrogen-bond donors (Lipinski definition) is 1. The van der Waals surface area contributed by atoms with E-state index < -0.39 is 4.92 Å². The molecule has 1 aromatic heterocycles. The average molecular weight is 310 g/mol. The van der Waals surface area contributed by atoms with Crippen LogP contribution in [0.3, 0.4) is 0 Å². The standard InChI is InChI=1S/C13H12ClN3O2S/c14-12-8-10(17(18)19)9-13(16-12)15-6-7-20-11-4-2-1-3-5-11/h1-5,8-9H,6-7H2,(H,15,16). The molecule has 20 heavy (non-hydrogen) atoms. The molecule has 2 rings (SSSR count). The molecular formula is C13H12ClN3O2S. The third kappa shape index (κ3) is 4.40. The van der Waals surface area contributed by atoms with E-state index in [2.05, 4.69) is 10.3 Å². The lowest BCUT2D eigenvalue weighted by molar-refractivity contribution is -0.384. The van der Waals surface area contributed by atoms with Crippen LogP contribution in [-0.4, -0.2) is 22.2 Å². The molecule has 5 nitrogen and oxygen atoms in total. The van der Waals surface area contributed by atoms with E-state index in [1.165, 1.54) is 17.0 Å². The highest BCUT2D eigenvalue weighted by Gasteiger charge is 2.09. The SMILES string of the molecule is O=[N+]([O-])c1cc(Cl)nc(NCCSc2ccccc2)c1. The first-order valence-electron chi connectivity index (χ1n) is 5.89. The van der Waals surface area contributed by atoms with Gasteiger partial charge in [-0.05, 0) is 12.1 Å². The zero-order valence-electron chi connectivity index (χ0n) is 10.5. The molecule has 1 N–H and O–H groups in total. The molecular weight excluding hydrogens is 298 g/mol. The quantitative estimate of drug-likeness (QED) is 0.288. The van der Waals surface area contributed by atoms with Gasteiger partial charge in [0, 0.05) is 17.2 Å². The predicted molar refractivity (Wildman–Crippen MR) is 81.6 cm³/mol. The zero-order valence-corrected chi connectivity index (χ0v) is 12.0. The van der Waals surface area contributed by atoms with Gasteiger partial charge < -0.3 is 5.32 Å². The van der Waals surface area contributed by atoms with Gasteiger partial charge >= 0.3 is 0 Å². The van der Waals surface area contributed by atoms with E-state index in [4.69, 9.17) is 11.6 Å². The van der Waals surface area contributed by atoms with Gasteiger partial charge in [0.05, 0.1) is 17.1 Å². The molecule has 1 heterocycles. The first-order chi connectivity index (χ1) is 9.65. The smallest absolute Gasteiger partial charge is 0.276 e. The lowest BCUT2D eigenvalue weighted by atomic mass is 10.4. The Balaban J connectivity index is 1.86. The molecule has 0 aliphatic rings. The molecule has 0 saturated heterocycles. The maximum atomic E-state index is 10.7. The average Bonchev–Trinajstić information content (AvgIpc) is 2.44. The van der Waals surface area contributed by atoms with Crippen molar-refractivity contribution >= 4 is 34.9 Å². The van der Waals surface area contributed by atoms with Crippen molar-refractivity contribution in [2.45, 2.75) is 4.90 Å². The Bertz CT molecular complexity index is 595. The maximum Gasteiger partial charge on any atom is 0.276 e. The maximum absolute atomic E-state index is 10.7. The zero-order chi connectivity index (χ0) is 14.4. The summed E-state index contributed by atoms with van der Waals surface area (Å²) in [6.07, 6.45) is 0. The molecule has 0 aliphatic heterocycles. The normalized spacial score (nSPS) is 10.2. The topological polar surface area (TPSA) is 68.1 Å². The van der Waals surface area contributed by atoms with Gasteiger partial charge in [0.15, 0.2) is 0 Å². The van der Waals surface area contributed by atoms with Crippen LogP contribution >= 0.6 is 23.4 Å². The number of nitrogens with one attached hydrogen (secondary N) is 1. The summed E-state index contributed by atoms with van der Waals surface area (Å²) in [6, 6.07) is 12.6. The second-order valence-corrected chi connectivity index (χ2v) is 5.43. The molecule has 0 bridgehead atoms. The van der Waals surface area contributed by atoms with Gasteiger partial charge in [-0.15, -0.1) is 11.8 Å². The minimum absolute atomic E-state index is 0.0665. The molecule has 0 radical (unpaired) electrons. The van der Waals surface area contributed by atoms with E-state index >= 15 is 0 Å². The molecule has 2 aromatic rings. The summed E-state index contributed by atoms with van der Waals surface area (Å²) in [5.41, 5.74) is -0.0665. The van der Waals surface area contributed by atoms with E-state index in [0.717, 1.165) is 5.75 Å². The summed E-state index contributed by atoms with van der Waals surface area (Å²) in [7, 11) is 0. The fraction of sp³-hybridized carbons (Fsp3) is 0.154. The largest absolute Gasteiger partial charge is 0.369 e. The number of hydrogen-bond acceptors (Lipinski definition) is 5. The predicted octanol–water partition coefficient (Wildman–Crippen LogP) is 3.85. The van der Waals surface area contributed by atoms with E-state index in [9.17, 15) is 10.1 Å². The Morgan fingerprint density at radius 3 is 2.75 bits per heavy atom. The van der Waals surface area contributed by atoms with Crippen molar-refractivity contribution in [3.8, 4) is 0 Å². The number of halogens is 1. The molecule has 0 spiro atoms. The third-order valence-electron chi connectivity index (χ3n) is 2.41. The lowest BCUT2D eigenvalue weighted by Gasteiger charge is -2.06. The summed E-state index contributed by atoms with van der Waals surface area (Å²) in [5, 5.41) is 13.8. The second kappa shape index (κ2) is 7.12. The number of anilines is 1. The number of nitro groups is 1. The fourth-order valence-electron chi connectivity index (χ4n) is 1.54. The molecule has 0 aliphatic carbocycles. The van der Waals surface area contributed by atoms with Crippen molar-refractivity contribution in [1.29, 1.82) is 0 Å². The van der Waals surface area contributed by atoms with Crippen molar-refractivity contribution in [2.24, 2.45) is 0 Å². The van der Waals surface area contributed by atoms with Gasteiger partial charge in [-0.3, -0.25) is 10.1 Å². The third-order valence-corrected chi connectivity index (χ3v) is 3.62. The molecule has 1 aromatic carbocycles. The van der Waals surface area contributed by atoms with Gasteiger partial charge in [0.2, 0.25) is 0 Å².